The van der Waals surface area contributed by atoms with Crippen LogP contribution in [0.3, 0.4) is 0 Å². The van der Waals surface area contributed by atoms with Crippen molar-refractivity contribution in [2.75, 3.05) is 25.5 Å². The van der Waals surface area contributed by atoms with Crippen LogP contribution in [-0.4, -0.2) is 31.0 Å². The second-order valence-corrected chi connectivity index (χ2v) is 4.32. The normalized spacial score (nSPS) is 18.1. The lowest BCUT2D eigenvalue weighted by Crippen LogP contribution is -2.24. The maximum Gasteiger partial charge on any atom is 0.312 e. The van der Waals surface area contributed by atoms with Gasteiger partial charge < -0.3 is 15.4 Å². The quantitative estimate of drug-likeness (QED) is 0.629. The van der Waals surface area contributed by atoms with E-state index in [4.69, 9.17) is 4.74 Å². The van der Waals surface area contributed by atoms with Crippen molar-refractivity contribution in [2.24, 2.45) is 5.92 Å². The van der Waals surface area contributed by atoms with Crippen molar-refractivity contribution in [3.05, 3.63) is 28.3 Å². The molecule has 1 aliphatic heterocycles. The summed E-state index contributed by atoms with van der Waals surface area (Å²) in [7, 11) is 1.37. The Kier molecular flexibility index (Phi) is 3.96. The van der Waals surface area contributed by atoms with Crippen LogP contribution in [0.5, 0.6) is 5.75 Å². The van der Waals surface area contributed by atoms with Crippen molar-refractivity contribution in [2.45, 2.75) is 6.42 Å². The standard InChI is InChI=1S/C12H15N3O4/c1-19-11-3-2-9(6-10(11)15(17)18)14-12(16)8-4-5-13-7-8/h2-3,6,8,13H,4-5,7H2,1H3,(H,14,16). The molecule has 0 saturated carbocycles. The summed E-state index contributed by atoms with van der Waals surface area (Å²) < 4.78 is 4.90. The van der Waals surface area contributed by atoms with Crippen molar-refractivity contribution >= 4 is 17.3 Å². The van der Waals surface area contributed by atoms with Gasteiger partial charge in [0.1, 0.15) is 0 Å². The van der Waals surface area contributed by atoms with E-state index in [2.05, 4.69) is 10.6 Å². The zero-order valence-electron chi connectivity index (χ0n) is 10.5. The minimum Gasteiger partial charge on any atom is -0.490 e. The minimum atomic E-state index is -0.536. The Hall–Kier alpha value is -2.15. The first-order valence-electron chi connectivity index (χ1n) is 5.96. The highest BCUT2D eigenvalue weighted by molar-refractivity contribution is 5.93. The molecule has 0 aromatic heterocycles. The second-order valence-electron chi connectivity index (χ2n) is 4.32. The number of methoxy groups -OCH3 is 1. The molecule has 19 heavy (non-hydrogen) atoms. The van der Waals surface area contributed by atoms with Gasteiger partial charge in [0, 0.05) is 18.3 Å². The number of carbonyl (C=O) groups is 1. The van der Waals surface area contributed by atoms with Gasteiger partial charge in [0.2, 0.25) is 5.91 Å². The van der Waals surface area contributed by atoms with Crippen LogP contribution in [0.4, 0.5) is 11.4 Å². The van der Waals surface area contributed by atoms with Crippen LogP contribution in [0, 0.1) is 16.0 Å². The van der Waals surface area contributed by atoms with E-state index in [0.717, 1.165) is 13.0 Å². The van der Waals surface area contributed by atoms with Gasteiger partial charge in [-0.15, -0.1) is 0 Å². The Morgan fingerprint density at radius 2 is 2.37 bits per heavy atom. The molecule has 0 spiro atoms. The summed E-state index contributed by atoms with van der Waals surface area (Å²) in [5.74, 6) is -0.0313. The molecule has 102 valence electrons. The largest absolute Gasteiger partial charge is 0.490 e. The molecule has 2 rings (SSSR count). The SMILES string of the molecule is COc1ccc(NC(=O)C2CCNC2)cc1[N+](=O)[O-]. The molecule has 1 aromatic carbocycles. The van der Waals surface area contributed by atoms with Gasteiger partial charge in [-0.1, -0.05) is 0 Å². The van der Waals surface area contributed by atoms with Crippen LogP contribution in [0.2, 0.25) is 0 Å². The average Bonchev–Trinajstić information content (AvgIpc) is 2.92. The molecular formula is C12H15N3O4. The Labute approximate surface area is 110 Å². The number of amides is 1. The molecule has 0 radical (unpaired) electrons. The van der Waals surface area contributed by atoms with E-state index >= 15 is 0 Å². The van der Waals surface area contributed by atoms with E-state index < -0.39 is 4.92 Å². The molecule has 1 heterocycles. The number of hydrogen-bond donors (Lipinski definition) is 2. The lowest BCUT2D eigenvalue weighted by Gasteiger charge is -2.10. The third-order valence-electron chi connectivity index (χ3n) is 3.07. The molecule has 0 bridgehead atoms. The minimum absolute atomic E-state index is 0.0823. The predicted molar refractivity (Wildman–Crippen MR) is 69.3 cm³/mol. The van der Waals surface area contributed by atoms with Gasteiger partial charge in [0.25, 0.3) is 0 Å². The molecule has 0 aliphatic carbocycles. The number of ether oxygens (including phenoxy) is 1. The molecule has 1 unspecified atom stereocenters. The second kappa shape index (κ2) is 5.66. The average molecular weight is 265 g/mol. The first-order chi connectivity index (χ1) is 9.11. The highest BCUT2D eigenvalue weighted by Gasteiger charge is 2.23. The maximum absolute atomic E-state index is 11.9. The number of carbonyl (C=O) groups excluding carboxylic acids is 1. The highest BCUT2D eigenvalue weighted by Crippen LogP contribution is 2.29. The molecular weight excluding hydrogens is 250 g/mol. The van der Waals surface area contributed by atoms with E-state index in [9.17, 15) is 14.9 Å². The van der Waals surface area contributed by atoms with Crippen molar-refractivity contribution in [3.8, 4) is 5.75 Å². The van der Waals surface area contributed by atoms with E-state index in [0.29, 0.717) is 12.2 Å². The number of nitrogens with one attached hydrogen (secondary N) is 2. The maximum atomic E-state index is 11.9. The molecule has 1 atom stereocenters. The highest BCUT2D eigenvalue weighted by atomic mass is 16.6. The smallest absolute Gasteiger partial charge is 0.312 e. The summed E-state index contributed by atoms with van der Waals surface area (Å²) in [6.45, 7) is 1.46. The monoisotopic (exact) mass is 265 g/mol. The van der Waals surface area contributed by atoms with Crippen LogP contribution >= 0.6 is 0 Å². The summed E-state index contributed by atoms with van der Waals surface area (Å²) in [6, 6.07) is 4.37. The van der Waals surface area contributed by atoms with Gasteiger partial charge in [-0.05, 0) is 25.1 Å². The van der Waals surface area contributed by atoms with Crippen molar-refractivity contribution < 1.29 is 14.5 Å². The zero-order chi connectivity index (χ0) is 13.8. The number of nitrogens with zero attached hydrogens (tertiary/aromatic N) is 1. The number of nitro benzene ring substituents is 1. The molecule has 2 N–H and O–H groups in total. The van der Waals surface area contributed by atoms with E-state index in [-0.39, 0.29) is 23.3 Å². The van der Waals surface area contributed by atoms with Crippen molar-refractivity contribution in [1.82, 2.24) is 5.32 Å². The third kappa shape index (κ3) is 3.00. The van der Waals surface area contributed by atoms with E-state index in [1.54, 1.807) is 6.07 Å². The summed E-state index contributed by atoms with van der Waals surface area (Å²) in [5, 5.41) is 16.7. The summed E-state index contributed by atoms with van der Waals surface area (Å²) in [6.07, 6.45) is 0.782. The van der Waals surface area contributed by atoms with Crippen LogP contribution in [0.15, 0.2) is 18.2 Å². The van der Waals surface area contributed by atoms with Gasteiger partial charge in [-0.3, -0.25) is 14.9 Å². The van der Waals surface area contributed by atoms with Gasteiger partial charge in [-0.2, -0.15) is 0 Å². The van der Waals surface area contributed by atoms with Crippen molar-refractivity contribution in [3.63, 3.8) is 0 Å². The van der Waals surface area contributed by atoms with Crippen LogP contribution in [0.25, 0.3) is 0 Å². The third-order valence-corrected chi connectivity index (χ3v) is 3.07. The van der Waals surface area contributed by atoms with Crippen LogP contribution in [-0.2, 0) is 4.79 Å². The van der Waals surface area contributed by atoms with Gasteiger partial charge in [-0.25, -0.2) is 0 Å². The summed E-state index contributed by atoms with van der Waals surface area (Å²) in [5.41, 5.74) is 0.245. The lowest BCUT2D eigenvalue weighted by atomic mass is 10.1. The van der Waals surface area contributed by atoms with Crippen molar-refractivity contribution in [1.29, 1.82) is 0 Å². The molecule has 1 amide bonds. The van der Waals surface area contributed by atoms with Crippen LogP contribution in [0.1, 0.15) is 6.42 Å². The van der Waals surface area contributed by atoms with E-state index in [1.807, 2.05) is 0 Å². The number of rotatable bonds is 4. The number of benzene rings is 1. The predicted octanol–water partition coefficient (Wildman–Crippen LogP) is 1.15. The fourth-order valence-electron chi connectivity index (χ4n) is 2.03. The molecule has 1 fully saturated rings. The molecule has 1 saturated heterocycles. The zero-order valence-corrected chi connectivity index (χ0v) is 10.5. The fourth-order valence-corrected chi connectivity index (χ4v) is 2.03. The molecule has 7 nitrogen and oxygen atoms in total. The Bertz CT molecular complexity index is 498. The fraction of sp³-hybridized carbons (Fsp3) is 0.417. The van der Waals surface area contributed by atoms with Gasteiger partial charge >= 0.3 is 5.69 Å². The number of anilines is 1. The summed E-state index contributed by atoms with van der Waals surface area (Å²) >= 11 is 0. The van der Waals surface area contributed by atoms with Gasteiger partial charge in [0.05, 0.1) is 18.0 Å². The molecule has 1 aromatic rings. The number of hydrogen-bond acceptors (Lipinski definition) is 5. The van der Waals surface area contributed by atoms with Gasteiger partial charge in [0.15, 0.2) is 5.75 Å². The first-order valence-corrected chi connectivity index (χ1v) is 5.96. The number of nitro groups is 1. The lowest BCUT2D eigenvalue weighted by molar-refractivity contribution is -0.385. The van der Waals surface area contributed by atoms with Crippen LogP contribution < -0.4 is 15.4 Å². The Morgan fingerprint density at radius 1 is 1.58 bits per heavy atom. The molecule has 1 aliphatic rings. The van der Waals surface area contributed by atoms with E-state index in [1.165, 1.54) is 19.2 Å². The molecule has 7 heteroatoms. The summed E-state index contributed by atoms with van der Waals surface area (Å²) in [4.78, 5) is 22.2. The topological polar surface area (TPSA) is 93.5 Å². The first kappa shape index (κ1) is 13.3. The Morgan fingerprint density at radius 3 is 2.95 bits per heavy atom. The Balaban J connectivity index is 2.14.